The van der Waals surface area contributed by atoms with Crippen molar-refractivity contribution in [2.24, 2.45) is 5.90 Å². The molecule has 29 heavy (non-hydrogen) atoms. The molecular weight excluding hydrogens is 424 g/mol. The van der Waals surface area contributed by atoms with Gasteiger partial charge in [0, 0.05) is 26.2 Å². The van der Waals surface area contributed by atoms with Gasteiger partial charge in [-0.2, -0.15) is 5.90 Å². The summed E-state index contributed by atoms with van der Waals surface area (Å²) < 4.78 is 0. The Morgan fingerprint density at radius 2 is 0.897 bits per heavy atom. The number of hydrogen-bond donors (Lipinski definition) is 5. The summed E-state index contributed by atoms with van der Waals surface area (Å²) in [6.07, 6.45) is 0. The fraction of sp³-hybridized carbons (Fsp3) is 0.643. The minimum absolute atomic E-state index is 0. The molecule has 0 saturated heterocycles. The molecule has 0 aliphatic rings. The van der Waals surface area contributed by atoms with Crippen LogP contribution in [0.1, 0.15) is 2.85 Å². The molecule has 0 fully saturated rings. The van der Waals surface area contributed by atoms with E-state index in [0.29, 0.717) is 0 Å². The van der Waals surface area contributed by atoms with E-state index in [0.717, 1.165) is 4.90 Å². The molecule has 0 atom stereocenters. The van der Waals surface area contributed by atoms with E-state index >= 15 is 0 Å². The van der Waals surface area contributed by atoms with E-state index in [1.807, 2.05) is 0 Å². The number of rotatable bonds is 16. The zero-order valence-electron chi connectivity index (χ0n) is 17.7. The molecule has 0 spiro atoms. The van der Waals surface area contributed by atoms with Crippen LogP contribution in [0.4, 0.5) is 0 Å². The standard InChI is InChI=1S/C14H24N4O10.Ca.2H/c15-28-14(27)9-18(8-13(25)26)4-2-16(5-10(19)20)1-3-17(6-11(21)22)7-12(23)24;;;/h1-9,15H2,(H,19,20)(H,21,22)(H,23,24)(H,25,26);;;/q;+2;2*-1. The Bertz CT molecular complexity index is 571. The zero-order valence-corrected chi connectivity index (χ0v) is 17.9. The summed E-state index contributed by atoms with van der Waals surface area (Å²) in [4.78, 5) is 62.4. The van der Waals surface area contributed by atoms with Crippen LogP contribution in [0.3, 0.4) is 0 Å². The number of aliphatic carboxylic acids is 4. The minimum atomic E-state index is -1.24. The van der Waals surface area contributed by atoms with E-state index in [2.05, 4.69) is 4.84 Å². The van der Waals surface area contributed by atoms with Gasteiger partial charge >= 0.3 is 67.6 Å². The molecule has 0 aromatic carbocycles. The van der Waals surface area contributed by atoms with E-state index < -0.39 is 62.6 Å². The maximum Gasteiger partial charge on any atom is 2.00 e. The summed E-state index contributed by atoms with van der Waals surface area (Å²) >= 11 is 0. The second kappa shape index (κ2) is 16.3. The van der Waals surface area contributed by atoms with Crippen LogP contribution >= 0.6 is 0 Å². The van der Waals surface area contributed by atoms with Crippen molar-refractivity contribution in [1.82, 2.24) is 14.7 Å². The molecule has 0 amide bonds. The second-order valence-corrected chi connectivity index (χ2v) is 5.76. The van der Waals surface area contributed by atoms with Crippen molar-refractivity contribution in [3.63, 3.8) is 0 Å². The number of hydrogen-bond acceptors (Lipinski definition) is 10. The molecular formula is C14H26CaN4O10. The quantitative estimate of drug-likeness (QED) is 0.114. The Morgan fingerprint density at radius 3 is 1.21 bits per heavy atom. The smallest absolute Gasteiger partial charge is 1.00 e. The fourth-order valence-electron chi connectivity index (χ4n) is 2.25. The van der Waals surface area contributed by atoms with Gasteiger partial charge in [-0.25, -0.2) is 4.79 Å². The van der Waals surface area contributed by atoms with Crippen LogP contribution in [0, 0.1) is 0 Å². The van der Waals surface area contributed by atoms with Gasteiger partial charge < -0.3 is 28.1 Å². The van der Waals surface area contributed by atoms with E-state index in [9.17, 15) is 24.0 Å². The number of carboxylic acid groups (broad SMARTS) is 4. The third-order valence-electron chi connectivity index (χ3n) is 3.38. The molecule has 0 rings (SSSR count). The summed E-state index contributed by atoms with van der Waals surface area (Å²) in [5.74, 6) is -1.03. The SMILES string of the molecule is NOC(=O)CN(CCN(CCN(CC(=O)O)CC(=O)O)CC(=O)O)CC(=O)O.[Ca+2].[H-].[H-]. The van der Waals surface area contributed by atoms with Gasteiger partial charge in [0.25, 0.3) is 0 Å². The van der Waals surface area contributed by atoms with Gasteiger partial charge in [-0.3, -0.25) is 33.9 Å². The van der Waals surface area contributed by atoms with Crippen molar-refractivity contribution in [1.29, 1.82) is 0 Å². The van der Waals surface area contributed by atoms with Gasteiger partial charge in [0.05, 0.1) is 32.7 Å². The van der Waals surface area contributed by atoms with E-state index in [1.54, 1.807) is 0 Å². The predicted molar refractivity (Wildman–Crippen MR) is 98.1 cm³/mol. The molecule has 0 aromatic rings. The minimum Gasteiger partial charge on any atom is -1.00 e. The van der Waals surface area contributed by atoms with Crippen LogP contribution in [0.25, 0.3) is 0 Å². The third-order valence-corrected chi connectivity index (χ3v) is 3.38. The Kier molecular flexibility index (Phi) is 16.6. The van der Waals surface area contributed by atoms with E-state index in [1.165, 1.54) is 9.80 Å². The topological polar surface area (TPSA) is 211 Å². The first-order chi connectivity index (χ1) is 13.0. The van der Waals surface area contributed by atoms with Gasteiger partial charge in [0.1, 0.15) is 0 Å². The van der Waals surface area contributed by atoms with Gasteiger partial charge in [0.15, 0.2) is 0 Å². The van der Waals surface area contributed by atoms with Crippen molar-refractivity contribution >= 4 is 67.6 Å². The Morgan fingerprint density at radius 1 is 0.621 bits per heavy atom. The molecule has 6 N–H and O–H groups in total. The molecule has 0 aliphatic heterocycles. The number of carboxylic acids is 4. The predicted octanol–water partition coefficient (Wildman–Crippen LogP) is -3.51. The number of carbonyl (C=O) groups excluding carboxylic acids is 1. The summed E-state index contributed by atoms with van der Waals surface area (Å²) in [5, 5.41) is 35.5. The fourth-order valence-corrected chi connectivity index (χ4v) is 2.25. The molecule has 0 aliphatic carbocycles. The zero-order chi connectivity index (χ0) is 21.7. The van der Waals surface area contributed by atoms with E-state index in [-0.39, 0.29) is 66.8 Å². The Balaban J connectivity index is -0.00000121. The first-order valence-electron chi connectivity index (χ1n) is 7.97. The molecule has 0 radical (unpaired) electrons. The second-order valence-electron chi connectivity index (χ2n) is 5.76. The molecule has 0 unspecified atom stereocenters. The molecule has 0 bridgehead atoms. The van der Waals surface area contributed by atoms with E-state index in [4.69, 9.17) is 26.3 Å². The number of nitrogens with zero attached hydrogens (tertiary/aromatic N) is 3. The Hall–Kier alpha value is -1.55. The van der Waals surface area contributed by atoms with Crippen LogP contribution in [-0.2, 0) is 28.8 Å². The van der Waals surface area contributed by atoms with Crippen molar-refractivity contribution in [3.8, 4) is 0 Å². The average molecular weight is 450 g/mol. The van der Waals surface area contributed by atoms with Crippen LogP contribution < -0.4 is 5.90 Å². The molecule has 0 saturated carbocycles. The van der Waals surface area contributed by atoms with Gasteiger partial charge in [-0.1, -0.05) is 0 Å². The largest absolute Gasteiger partial charge is 2.00 e. The van der Waals surface area contributed by atoms with Gasteiger partial charge in [0.2, 0.25) is 0 Å². The maximum atomic E-state index is 11.2. The van der Waals surface area contributed by atoms with Crippen LogP contribution in [0.15, 0.2) is 0 Å². The number of nitrogens with two attached hydrogens (primary N) is 1. The van der Waals surface area contributed by atoms with Crippen LogP contribution in [-0.4, -0.2) is 162 Å². The van der Waals surface area contributed by atoms with Crippen molar-refractivity contribution in [3.05, 3.63) is 0 Å². The molecule has 15 heteroatoms. The molecule has 164 valence electrons. The molecule has 0 aromatic heterocycles. The summed E-state index contributed by atoms with van der Waals surface area (Å²) in [7, 11) is 0. The number of carbonyl (C=O) groups is 5. The van der Waals surface area contributed by atoms with Gasteiger partial charge in [-0.05, 0) is 0 Å². The molecule has 0 heterocycles. The Labute approximate surface area is 198 Å². The van der Waals surface area contributed by atoms with Crippen molar-refractivity contribution in [2.45, 2.75) is 0 Å². The summed E-state index contributed by atoms with van der Waals surface area (Å²) in [5.41, 5.74) is 0. The summed E-state index contributed by atoms with van der Waals surface area (Å²) in [6.45, 7) is -2.51. The summed E-state index contributed by atoms with van der Waals surface area (Å²) in [6, 6.07) is 0. The normalized spacial score (nSPS) is 10.6. The first kappa shape index (κ1) is 29.6. The third kappa shape index (κ3) is 17.1. The van der Waals surface area contributed by atoms with Crippen LogP contribution in [0.5, 0.6) is 0 Å². The average Bonchev–Trinajstić information content (AvgIpc) is 2.54. The molecule has 14 nitrogen and oxygen atoms in total. The monoisotopic (exact) mass is 450 g/mol. The van der Waals surface area contributed by atoms with Crippen LogP contribution in [0.2, 0.25) is 0 Å². The van der Waals surface area contributed by atoms with Crippen molar-refractivity contribution in [2.75, 3.05) is 58.9 Å². The van der Waals surface area contributed by atoms with Crippen molar-refractivity contribution < 1.29 is 52.1 Å². The maximum absolute atomic E-state index is 11.2. The van der Waals surface area contributed by atoms with Gasteiger partial charge in [-0.15, -0.1) is 0 Å². The first-order valence-corrected chi connectivity index (χ1v) is 7.97.